The molecular formula is C24H21N3O5S3. The summed E-state index contributed by atoms with van der Waals surface area (Å²) in [5.74, 6) is -0.819. The molecule has 0 aliphatic heterocycles. The number of para-hydroxylation sites is 1. The molecule has 0 fully saturated rings. The van der Waals surface area contributed by atoms with Crippen LogP contribution in [0.4, 0.5) is 0 Å². The van der Waals surface area contributed by atoms with E-state index in [2.05, 4.69) is 0 Å². The van der Waals surface area contributed by atoms with Crippen molar-refractivity contribution < 1.29 is 19.1 Å². The highest BCUT2D eigenvalue weighted by molar-refractivity contribution is 7.99. The van der Waals surface area contributed by atoms with E-state index in [1.807, 2.05) is 18.2 Å². The van der Waals surface area contributed by atoms with E-state index >= 15 is 0 Å². The number of thiazole rings is 1. The fraction of sp³-hybridized carbons (Fsp3) is 0.208. The van der Waals surface area contributed by atoms with Crippen molar-refractivity contribution in [1.29, 1.82) is 0 Å². The largest absolute Gasteiger partial charge is 0.465 e. The minimum absolute atomic E-state index is 0.00226. The number of fused-ring (bicyclic) bond motifs is 1. The molecule has 0 spiro atoms. The van der Waals surface area contributed by atoms with E-state index in [9.17, 15) is 14.4 Å². The van der Waals surface area contributed by atoms with Crippen LogP contribution in [0.5, 0.6) is 0 Å². The summed E-state index contributed by atoms with van der Waals surface area (Å²) >= 11 is 7.86. The fourth-order valence-corrected chi connectivity index (χ4v) is 5.46. The maximum Gasteiger partial charge on any atom is 0.338 e. The van der Waals surface area contributed by atoms with Gasteiger partial charge in [0.1, 0.15) is 4.70 Å². The Morgan fingerprint density at radius 2 is 1.63 bits per heavy atom. The topological polar surface area (TPSA) is 92.4 Å². The third kappa shape index (κ3) is 5.21. The van der Waals surface area contributed by atoms with Gasteiger partial charge in [0.05, 0.1) is 30.2 Å². The van der Waals surface area contributed by atoms with Crippen molar-refractivity contribution in [2.45, 2.75) is 19.0 Å². The monoisotopic (exact) mass is 527 g/mol. The number of nitrogens with zero attached hydrogens (tertiary/aromatic N) is 3. The minimum atomic E-state index is -0.417. The maximum absolute atomic E-state index is 13.6. The SMILES string of the molecule is CCOC(=O)CSc1nc2c(sc(=S)n2-c2ccc(C(=O)OCC)cc2)c(=O)n1-c1ccccc1. The number of hydrogen-bond donors (Lipinski definition) is 0. The average molecular weight is 528 g/mol. The molecule has 4 rings (SSSR count). The molecule has 0 bridgehead atoms. The van der Waals surface area contributed by atoms with E-state index in [1.54, 1.807) is 54.8 Å². The smallest absolute Gasteiger partial charge is 0.338 e. The Kier molecular flexibility index (Phi) is 7.79. The predicted octanol–water partition coefficient (Wildman–Crippen LogP) is 4.80. The van der Waals surface area contributed by atoms with Gasteiger partial charge in [-0.15, -0.1) is 0 Å². The molecule has 11 heteroatoms. The fourth-order valence-electron chi connectivity index (χ4n) is 3.35. The zero-order valence-electron chi connectivity index (χ0n) is 18.9. The number of aromatic nitrogens is 3. The Morgan fingerprint density at radius 1 is 0.971 bits per heavy atom. The number of ether oxygens (including phenoxy) is 2. The van der Waals surface area contributed by atoms with Gasteiger partial charge in [-0.1, -0.05) is 41.3 Å². The molecule has 0 radical (unpaired) electrons. The first-order valence-electron chi connectivity index (χ1n) is 10.7. The first-order chi connectivity index (χ1) is 16.9. The first kappa shape index (κ1) is 24.8. The van der Waals surface area contributed by atoms with Gasteiger partial charge in [0.25, 0.3) is 5.56 Å². The Labute approximate surface area is 214 Å². The molecule has 0 aliphatic carbocycles. The lowest BCUT2D eigenvalue weighted by atomic mass is 10.2. The minimum Gasteiger partial charge on any atom is -0.465 e. The number of benzene rings is 2. The molecule has 0 atom stereocenters. The quantitative estimate of drug-likeness (QED) is 0.140. The second-order valence-electron chi connectivity index (χ2n) is 7.09. The third-order valence-corrected chi connectivity index (χ3v) is 7.12. The molecule has 0 unspecified atom stereocenters. The van der Waals surface area contributed by atoms with E-state index in [-0.39, 0.29) is 24.5 Å². The summed E-state index contributed by atoms with van der Waals surface area (Å²) in [4.78, 5) is 42.4. The highest BCUT2D eigenvalue weighted by Crippen LogP contribution is 2.27. The van der Waals surface area contributed by atoms with E-state index < -0.39 is 11.9 Å². The van der Waals surface area contributed by atoms with Gasteiger partial charge in [0.15, 0.2) is 14.8 Å². The Hall–Kier alpha value is -3.28. The molecule has 2 heterocycles. The molecular weight excluding hydrogens is 506 g/mol. The van der Waals surface area contributed by atoms with Crippen LogP contribution in [0.3, 0.4) is 0 Å². The van der Waals surface area contributed by atoms with Crippen molar-refractivity contribution in [1.82, 2.24) is 14.1 Å². The summed E-state index contributed by atoms with van der Waals surface area (Å²) in [6.07, 6.45) is 0. The van der Waals surface area contributed by atoms with E-state index in [0.29, 0.717) is 36.4 Å². The zero-order valence-corrected chi connectivity index (χ0v) is 21.4. The summed E-state index contributed by atoms with van der Waals surface area (Å²) < 4.78 is 14.1. The molecule has 0 saturated heterocycles. The molecule has 2 aromatic heterocycles. The second kappa shape index (κ2) is 11.0. The molecule has 180 valence electrons. The highest BCUT2D eigenvalue weighted by atomic mass is 32.2. The third-order valence-electron chi connectivity index (χ3n) is 4.85. The molecule has 0 saturated carbocycles. The van der Waals surface area contributed by atoms with Crippen molar-refractivity contribution in [2.75, 3.05) is 19.0 Å². The van der Waals surface area contributed by atoms with Gasteiger partial charge in [-0.3, -0.25) is 18.7 Å². The van der Waals surface area contributed by atoms with Crippen LogP contribution in [-0.4, -0.2) is 45.0 Å². The van der Waals surface area contributed by atoms with Gasteiger partial charge >= 0.3 is 11.9 Å². The van der Waals surface area contributed by atoms with Crippen LogP contribution in [0.15, 0.2) is 64.5 Å². The number of thioether (sulfide) groups is 1. The summed E-state index contributed by atoms with van der Waals surface area (Å²) in [7, 11) is 0. The first-order valence-corrected chi connectivity index (χ1v) is 13.0. The Morgan fingerprint density at radius 3 is 2.29 bits per heavy atom. The predicted molar refractivity (Wildman–Crippen MR) is 139 cm³/mol. The second-order valence-corrected chi connectivity index (χ2v) is 9.67. The van der Waals surface area contributed by atoms with Crippen LogP contribution < -0.4 is 5.56 Å². The normalized spacial score (nSPS) is 10.9. The summed E-state index contributed by atoms with van der Waals surface area (Å²) in [5.41, 5.74) is 1.78. The van der Waals surface area contributed by atoms with Crippen LogP contribution in [0, 0.1) is 3.95 Å². The molecule has 2 aromatic carbocycles. The van der Waals surface area contributed by atoms with Gasteiger partial charge in [-0.2, -0.15) is 0 Å². The van der Waals surface area contributed by atoms with Crippen LogP contribution in [0.1, 0.15) is 24.2 Å². The number of carbonyl (C=O) groups excluding carboxylic acids is 2. The molecule has 8 nitrogen and oxygen atoms in total. The molecule has 35 heavy (non-hydrogen) atoms. The van der Waals surface area contributed by atoms with Crippen molar-refractivity contribution in [3.63, 3.8) is 0 Å². The van der Waals surface area contributed by atoms with Crippen LogP contribution in [-0.2, 0) is 14.3 Å². The van der Waals surface area contributed by atoms with Gasteiger partial charge < -0.3 is 9.47 Å². The lowest BCUT2D eigenvalue weighted by molar-refractivity contribution is -0.139. The Bertz CT molecular complexity index is 1490. The number of hydrogen-bond acceptors (Lipinski definition) is 9. The molecule has 4 aromatic rings. The molecule has 0 N–H and O–H groups in total. The van der Waals surface area contributed by atoms with Crippen LogP contribution in [0.25, 0.3) is 21.7 Å². The highest BCUT2D eigenvalue weighted by Gasteiger charge is 2.20. The lowest BCUT2D eigenvalue weighted by Crippen LogP contribution is -2.22. The number of esters is 2. The maximum atomic E-state index is 13.6. The van der Waals surface area contributed by atoms with Crippen molar-refractivity contribution in [3.05, 3.63) is 74.5 Å². The van der Waals surface area contributed by atoms with Gasteiger partial charge in [-0.25, -0.2) is 9.78 Å². The van der Waals surface area contributed by atoms with E-state index in [1.165, 1.54) is 4.57 Å². The van der Waals surface area contributed by atoms with Gasteiger partial charge in [0, 0.05) is 5.69 Å². The number of carbonyl (C=O) groups is 2. The molecule has 0 amide bonds. The Balaban J connectivity index is 1.86. The summed E-state index contributed by atoms with van der Waals surface area (Å²) in [5, 5.41) is 0.339. The lowest BCUT2D eigenvalue weighted by Gasteiger charge is -2.13. The zero-order chi connectivity index (χ0) is 24.9. The number of rotatable bonds is 8. The molecule has 0 aliphatic rings. The van der Waals surface area contributed by atoms with Crippen molar-refractivity contribution in [3.8, 4) is 11.4 Å². The standard InChI is InChI=1S/C24H21N3O5S3/c1-3-31-18(28)14-34-23-25-20-19(21(29)27(23)16-8-6-5-7-9-16)35-24(33)26(20)17-12-10-15(11-13-17)22(30)32-4-2/h5-13H,3-4,14H2,1-2H3. The van der Waals surface area contributed by atoms with Gasteiger partial charge in [-0.05, 0) is 62.5 Å². The van der Waals surface area contributed by atoms with Crippen molar-refractivity contribution in [2.24, 2.45) is 0 Å². The van der Waals surface area contributed by atoms with Crippen LogP contribution in [0.2, 0.25) is 0 Å². The average Bonchev–Trinajstić information content (AvgIpc) is 3.20. The summed E-state index contributed by atoms with van der Waals surface area (Å²) in [6, 6.07) is 15.8. The van der Waals surface area contributed by atoms with Crippen LogP contribution >= 0.6 is 35.3 Å². The van der Waals surface area contributed by atoms with Crippen molar-refractivity contribution >= 4 is 57.6 Å². The van der Waals surface area contributed by atoms with Gasteiger partial charge in [0.2, 0.25) is 0 Å². The van der Waals surface area contributed by atoms with E-state index in [0.717, 1.165) is 23.1 Å². The summed E-state index contributed by atoms with van der Waals surface area (Å²) in [6.45, 7) is 4.03. The van der Waals surface area contributed by atoms with E-state index in [4.69, 9.17) is 26.7 Å².